The predicted octanol–water partition coefficient (Wildman–Crippen LogP) is 3.24. The zero-order valence-electron chi connectivity index (χ0n) is 15.4. The number of halogens is 4. The molecule has 0 unspecified atom stereocenters. The molecule has 0 radical (unpaired) electrons. The monoisotopic (exact) mass is 409 g/mol. The van der Waals surface area contributed by atoms with Crippen LogP contribution in [0.3, 0.4) is 0 Å². The number of nitrogens with zero attached hydrogens (tertiary/aromatic N) is 2. The molecule has 0 spiro atoms. The maximum atomic E-state index is 13.2. The first-order valence-corrected chi connectivity index (χ1v) is 8.97. The molecule has 0 aliphatic carbocycles. The van der Waals surface area contributed by atoms with Gasteiger partial charge in [-0.1, -0.05) is 18.2 Å². The van der Waals surface area contributed by atoms with Crippen LogP contribution in [0.25, 0.3) is 0 Å². The highest BCUT2D eigenvalue weighted by atomic mass is 19.4. The normalized spacial score (nSPS) is 15.2. The molecule has 1 saturated heterocycles. The fourth-order valence-corrected chi connectivity index (χ4v) is 3.17. The van der Waals surface area contributed by atoms with Crippen LogP contribution < -0.4 is 5.32 Å². The van der Waals surface area contributed by atoms with Crippen molar-refractivity contribution < 1.29 is 27.2 Å². The number of carbonyl (C=O) groups is 2. The average molecular weight is 409 g/mol. The average Bonchev–Trinajstić information content (AvgIpc) is 2.67. The van der Waals surface area contributed by atoms with E-state index in [4.69, 9.17) is 0 Å². The minimum atomic E-state index is -4.61. The number of rotatable bonds is 4. The summed E-state index contributed by atoms with van der Waals surface area (Å²) in [4.78, 5) is 27.8. The van der Waals surface area contributed by atoms with Crippen molar-refractivity contribution in [3.8, 4) is 0 Å². The lowest BCUT2D eigenvalue weighted by Crippen LogP contribution is -2.50. The molecular formula is C20H19F4N3O2. The van der Waals surface area contributed by atoms with Gasteiger partial charge in [-0.3, -0.25) is 14.5 Å². The Kier molecular flexibility index (Phi) is 6.17. The lowest BCUT2D eigenvalue weighted by atomic mass is 10.1. The van der Waals surface area contributed by atoms with Crippen LogP contribution in [0.1, 0.15) is 15.9 Å². The molecule has 2 aromatic rings. The van der Waals surface area contributed by atoms with E-state index in [0.717, 1.165) is 6.07 Å². The highest BCUT2D eigenvalue weighted by molar-refractivity contribution is 5.96. The molecule has 1 aliphatic rings. The van der Waals surface area contributed by atoms with Crippen molar-refractivity contribution in [2.45, 2.75) is 6.18 Å². The third-order valence-corrected chi connectivity index (χ3v) is 4.60. The molecular weight excluding hydrogens is 390 g/mol. The van der Waals surface area contributed by atoms with Crippen LogP contribution in [0.5, 0.6) is 0 Å². The van der Waals surface area contributed by atoms with Crippen LogP contribution in [0.4, 0.5) is 23.2 Å². The first-order chi connectivity index (χ1) is 13.7. The molecule has 29 heavy (non-hydrogen) atoms. The Hall–Kier alpha value is -2.94. The number of piperazine rings is 1. The predicted molar refractivity (Wildman–Crippen MR) is 98.8 cm³/mol. The topological polar surface area (TPSA) is 52.7 Å². The van der Waals surface area contributed by atoms with E-state index in [9.17, 15) is 27.2 Å². The zero-order chi connectivity index (χ0) is 21.0. The van der Waals surface area contributed by atoms with Gasteiger partial charge in [-0.15, -0.1) is 0 Å². The van der Waals surface area contributed by atoms with E-state index >= 15 is 0 Å². The minimum Gasteiger partial charge on any atom is -0.336 e. The van der Waals surface area contributed by atoms with Gasteiger partial charge in [0.1, 0.15) is 5.82 Å². The summed E-state index contributed by atoms with van der Waals surface area (Å²) in [5.41, 5.74) is -0.994. The maximum absolute atomic E-state index is 13.2. The van der Waals surface area contributed by atoms with Crippen LogP contribution in [0, 0.1) is 5.82 Å². The summed E-state index contributed by atoms with van der Waals surface area (Å²) >= 11 is 0. The summed E-state index contributed by atoms with van der Waals surface area (Å²) in [7, 11) is 0. The van der Waals surface area contributed by atoms with Crippen LogP contribution >= 0.6 is 0 Å². The third-order valence-electron chi connectivity index (χ3n) is 4.60. The molecule has 0 atom stereocenters. The van der Waals surface area contributed by atoms with Crippen molar-refractivity contribution in [3.63, 3.8) is 0 Å². The molecule has 0 bridgehead atoms. The smallest absolute Gasteiger partial charge is 0.336 e. The Bertz CT molecular complexity index is 893. The SMILES string of the molecule is O=C(CN1CCN(C(=O)c2ccccc2C(F)(F)F)CC1)Nc1cccc(F)c1. The lowest BCUT2D eigenvalue weighted by molar-refractivity contribution is -0.138. The number of alkyl halides is 3. The molecule has 1 fully saturated rings. The Balaban J connectivity index is 1.55. The summed E-state index contributed by atoms with van der Waals surface area (Å²) in [6, 6.07) is 10.2. The number of benzene rings is 2. The summed E-state index contributed by atoms with van der Waals surface area (Å²) in [6.45, 7) is 1.14. The summed E-state index contributed by atoms with van der Waals surface area (Å²) in [6.07, 6.45) is -4.61. The van der Waals surface area contributed by atoms with Gasteiger partial charge < -0.3 is 10.2 Å². The lowest BCUT2D eigenvalue weighted by Gasteiger charge is -2.34. The first kappa shape index (κ1) is 20.8. The molecule has 0 saturated carbocycles. The van der Waals surface area contributed by atoms with E-state index in [0.29, 0.717) is 18.8 Å². The molecule has 9 heteroatoms. The van der Waals surface area contributed by atoms with Crippen molar-refractivity contribution in [1.82, 2.24) is 9.80 Å². The van der Waals surface area contributed by atoms with Gasteiger partial charge in [0, 0.05) is 31.9 Å². The fourth-order valence-electron chi connectivity index (χ4n) is 3.17. The van der Waals surface area contributed by atoms with Crippen LogP contribution in [0.2, 0.25) is 0 Å². The van der Waals surface area contributed by atoms with E-state index in [-0.39, 0.29) is 31.1 Å². The van der Waals surface area contributed by atoms with Crippen molar-refractivity contribution in [1.29, 1.82) is 0 Å². The molecule has 2 aromatic carbocycles. The molecule has 1 heterocycles. The minimum absolute atomic E-state index is 0.0394. The van der Waals surface area contributed by atoms with E-state index in [2.05, 4.69) is 5.32 Å². The Morgan fingerprint density at radius 3 is 2.31 bits per heavy atom. The molecule has 0 aromatic heterocycles. The van der Waals surface area contributed by atoms with Gasteiger partial charge in [0.15, 0.2) is 0 Å². The Morgan fingerprint density at radius 2 is 1.66 bits per heavy atom. The summed E-state index contributed by atoms with van der Waals surface area (Å²) < 4.78 is 52.6. The van der Waals surface area contributed by atoms with E-state index in [1.165, 1.54) is 41.3 Å². The number of hydrogen-bond acceptors (Lipinski definition) is 3. The molecule has 2 amide bonds. The highest BCUT2D eigenvalue weighted by Gasteiger charge is 2.36. The van der Waals surface area contributed by atoms with Gasteiger partial charge in [0.25, 0.3) is 5.91 Å². The quantitative estimate of drug-likeness (QED) is 0.789. The number of carbonyl (C=O) groups excluding carboxylic acids is 2. The second-order valence-electron chi connectivity index (χ2n) is 6.67. The van der Waals surface area contributed by atoms with Crippen molar-refractivity contribution in [3.05, 3.63) is 65.5 Å². The summed E-state index contributed by atoms with van der Waals surface area (Å²) in [5, 5.41) is 2.59. The Morgan fingerprint density at radius 1 is 0.966 bits per heavy atom. The molecule has 154 valence electrons. The number of anilines is 1. The largest absolute Gasteiger partial charge is 0.417 e. The molecule has 5 nitrogen and oxygen atoms in total. The van der Waals surface area contributed by atoms with Crippen molar-refractivity contribution in [2.75, 3.05) is 38.0 Å². The molecule has 3 rings (SSSR count). The first-order valence-electron chi connectivity index (χ1n) is 8.97. The highest BCUT2D eigenvalue weighted by Crippen LogP contribution is 2.32. The number of hydrogen-bond donors (Lipinski definition) is 1. The van der Waals surface area contributed by atoms with Gasteiger partial charge in [0.2, 0.25) is 5.91 Å². The van der Waals surface area contributed by atoms with Gasteiger partial charge in [-0.25, -0.2) is 4.39 Å². The van der Waals surface area contributed by atoms with E-state index in [1.54, 1.807) is 11.0 Å². The standard InChI is InChI=1S/C20H19F4N3O2/c21-14-4-3-5-15(12-14)25-18(28)13-26-8-10-27(11-9-26)19(29)16-6-1-2-7-17(16)20(22,23)24/h1-7,12H,8-11,13H2,(H,25,28). The fraction of sp³-hybridized carbons (Fsp3) is 0.300. The number of nitrogens with one attached hydrogen (secondary N) is 1. The van der Waals surface area contributed by atoms with Crippen molar-refractivity contribution >= 4 is 17.5 Å². The van der Waals surface area contributed by atoms with E-state index < -0.39 is 23.5 Å². The second-order valence-corrected chi connectivity index (χ2v) is 6.67. The van der Waals surface area contributed by atoms with Crippen LogP contribution in [-0.2, 0) is 11.0 Å². The molecule has 1 aliphatic heterocycles. The molecule has 1 N–H and O–H groups in total. The third kappa shape index (κ3) is 5.32. The number of amides is 2. The summed E-state index contributed by atoms with van der Waals surface area (Å²) in [5.74, 6) is -1.48. The van der Waals surface area contributed by atoms with Crippen LogP contribution in [-0.4, -0.2) is 54.3 Å². The van der Waals surface area contributed by atoms with Gasteiger partial charge in [0.05, 0.1) is 17.7 Å². The maximum Gasteiger partial charge on any atom is 0.417 e. The van der Waals surface area contributed by atoms with E-state index in [1.807, 2.05) is 0 Å². The van der Waals surface area contributed by atoms with Gasteiger partial charge in [-0.2, -0.15) is 13.2 Å². The zero-order valence-corrected chi connectivity index (χ0v) is 15.4. The van der Waals surface area contributed by atoms with Gasteiger partial charge in [-0.05, 0) is 30.3 Å². The van der Waals surface area contributed by atoms with Crippen molar-refractivity contribution in [2.24, 2.45) is 0 Å². The van der Waals surface area contributed by atoms with Gasteiger partial charge >= 0.3 is 6.18 Å². The van der Waals surface area contributed by atoms with Crippen LogP contribution in [0.15, 0.2) is 48.5 Å². The Labute approximate surface area is 164 Å². The second kappa shape index (κ2) is 8.60.